The smallest absolute Gasteiger partial charge is 0.255 e. The minimum atomic E-state index is -0.303. The highest BCUT2D eigenvalue weighted by atomic mass is 35.5. The quantitative estimate of drug-likeness (QED) is 0.806. The van der Waals surface area contributed by atoms with Gasteiger partial charge in [0.2, 0.25) is 0 Å². The van der Waals surface area contributed by atoms with Crippen molar-refractivity contribution in [1.29, 1.82) is 0 Å². The minimum absolute atomic E-state index is 0.0612. The predicted octanol–water partition coefficient (Wildman–Crippen LogP) is 2.15. The molecule has 0 aromatic heterocycles. The molecule has 18 heavy (non-hydrogen) atoms. The van der Waals surface area contributed by atoms with E-state index in [2.05, 4.69) is 5.32 Å². The highest BCUT2D eigenvalue weighted by molar-refractivity contribution is 6.18. The SMILES string of the molecule is COc1cccc(C(=O)NCC2(CCl)CC2)c1O. The first-order valence-electron chi connectivity index (χ1n) is 5.82. The van der Waals surface area contributed by atoms with Crippen LogP contribution in [0.4, 0.5) is 0 Å². The summed E-state index contributed by atoms with van der Waals surface area (Å²) in [7, 11) is 1.45. The van der Waals surface area contributed by atoms with E-state index in [4.69, 9.17) is 16.3 Å². The lowest BCUT2D eigenvalue weighted by Crippen LogP contribution is -2.31. The van der Waals surface area contributed by atoms with E-state index in [1.807, 2.05) is 0 Å². The van der Waals surface area contributed by atoms with Crippen molar-refractivity contribution >= 4 is 17.5 Å². The normalized spacial score (nSPS) is 16.1. The number of aromatic hydroxyl groups is 1. The lowest BCUT2D eigenvalue weighted by Gasteiger charge is -2.13. The number of alkyl halides is 1. The van der Waals surface area contributed by atoms with Crippen molar-refractivity contribution in [2.24, 2.45) is 5.41 Å². The number of halogens is 1. The van der Waals surface area contributed by atoms with Gasteiger partial charge in [-0.2, -0.15) is 0 Å². The number of nitrogens with one attached hydrogen (secondary N) is 1. The summed E-state index contributed by atoms with van der Waals surface area (Å²) in [5.41, 5.74) is 0.283. The van der Waals surface area contributed by atoms with Gasteiger partial charge in [0.25, 0.3) is 5.91 Å². The van der Waals surface area contributed by atoms with Gasteiger partial charge < -0.3 is 15.2 Å². The Bertz CT molecular complexity index is 458. The standard InChI is InChI=1S/C13H16ClNO3/c1-18-10-4-2-3-9(11(10)16)12(17)15-8-13(7-14)5-6-13/h2-4,16H,5-8H2,1H3,(H,15,17). The zero-order valence-electron chi connectivity index (χ0n) is 10.2. The van der Waals surface area contributed by atoms with Crippen LogP contribution < -0.4 is 10.1 Å². The zero-order valence-corrected chi connectivity index (χ0v) is 11.0. The first-order chi connectivity index (χ1) is 8.62. The molecule has 1 aromatic rings. The Labute approximate surface area is 111 Å². The highest BCUT2D eigenvalue weighted by Crippen LogP contribution is 2.45. The van der Waals surface area contributed by atoms with Crippen LogP contribution in [0.5, 0.6) is 11.5 Å². The number of hydrogen-bond donors (Lipinski definition) is 2. The molecule has 5 heteroatoms. The lowest BCUT2D eigenvalue weighted by molar-refractivity contribution is 0.0943. The van der Waals surface area contributed by atoms with Crippen molar-refractivity contribution in [2.75, 3.05) is 19.5 Å². The van der Waals surface area contributed by atoms with E-state index >= 15 is 0 Å². The molecule has 4 nitrogen and oxygen atoms in total. The summed E-state index contributed by atoms with van der Waals surface area (Å²) in [6.45, 7) is 0.548. The zero-order chi connectivity index (χ0) is 13.2. The van der Waals surface area contributed by atoms with Gasteiger partial charge in [0.15, 0.2) is 11.5 Å². The topological polar surface area (TPSA) is 58.6 Å². The average Bonchev–Trinajstić information content (AvgIpc) is 3.17. The van der Waals surface area contributed by atoms with E-state index in [0.717, 1.165) is 12.8 Å². The molecule has 1 aliphatic rings. The fraction of sp³-hybridized carbons (Fsp3) is 0.462. The molecule has 0 unspecified atom stereocenters. The Kier molecular flexibility index (Phi) is 3.66. The lowest BCUT2D eigenvalue weighted by atomic mass is 10.1. The number of benzene rings is 1. The van der Waals surface area contributed by atoms with Gasteiger partial charge in [-0.3, -0.25) is 4.79 Å². The second kappa shape index (κ2) is 5.06. The first kappa shape index (κ1) is 13.0. The summed E-state index contributed by atoms with van der Waals surface area (Å²) >= 11 is 5.84. The van der Waals surface area contributed by atoms with Gasteiger partial charge in [-0.05, 0) is 25.0 Å². The largest absolute Gasteiger partial charge is 0.504 e. The number of methoxy groups -OCH3 is 1. The third kappa shape index (κ3) is 2.53. The maximum Gasteiger partial charge on any atom is 0.255 e. The second-order valence-corrected chi connectivity index (χ2v) is 4.94. The number of ether oxygens (including phenoxy) is 1. The Morgan fingerprint density at radius 3 is 2.83 bits per heavy atom. The molecule has 0 bridgehead atoms. The molecule has 0 saturated heterocycles. The van der Waals surface area contributed by atoms with Gasteiger partial charge in [-0.25, -0.2) is 0 Å². The van der Waals surface area contributed by atoms with Crippen LogP contribution in [0.15, 0.2) is 18.2 Å². The van der Waals surface area contributed by atoms with E-state index in [9.17, 15) is 9.90 Å². The van der Waals surface area contributed by atoms with Crippen LogP contribution in [-0.4, -0.2) is 30.5 Å². The molecule has 98 valence electrons. The fourth-order valence-corrected chi connectivity index (χ4v) is 2.13. The number of carbonyl (C=O) groups excluding carboxylic acids is 1. The maximum absolute atomic E-state index is 12.0. The fourth-order valence-electron chi connectivity index (χ4n) is 1.77. The van der Waals surface area contributed by atoms with Crippen LogP contribution in [0.1, 0.15) is 23.2 Å². The molecule has 0 radical (unpaired) electrons. The van der Waals surface area contributed by atoms with E-state index < -0.39 is 0 Å². The van der Waals surface area contributed by atoms with Crippen LogP contribution in [0, 0.1) is 5.41 Å². The molecule has 2 N–H and O–H groups in total. The Morgan fingerprint density at radius 2 is 2.28 bits per heavy atom. The third-order valence-electron chi connectivity index (χ3n) is 3.33. The van der Waals surface area contributed by atoms with E-state index in [0.29, 0.717) is 18.2 Å². The van der Waals surface area contributed by atoms with E-state index in [1.54, 1.807) is 18.2 Å². The van der Waals surface area contributed by atoms with Crippen molar-refractivity contribution in [3.05, 3.63) is 23.8 Å². The molecule has 1 fully saturated rings. The molecule has 2 rings (SSSR count). The summed E-state index contributed by atoms with van der Waals surface area (Å²) in [5.74, 6) is 0.411. The van der Waals surface area contributed by atoms with Gasteiger partial charge in [0.05, 0.1) is 12.7 Å². The predicted molar refractivity (Wildman–Crippen MR) is 69.4 cm³/mol. The number of para-hydroxylation sites is 1. The number of hydrogen-bond acceptors (Lipinski definition) is 3. The second-order valence-electron chi connectivity index (χ2n) is 4.67. The molecule has 0 spiro atoms. The number of amides is 1. The van der Waals surface area contributed by atoms with Crippen LogP contribution in [0.3, 0.4) is 0 Å². The van der Waals surface area contributed by atoms with Gasteiger partial charge in [0, 0.05) is 17.8 Å². The Balaban J connectivity index is 2.05. The number of phenolic OH excluding ortho intramolecular Hbond substituents is 1. The molecular formula is C13H16ClNO3. The minimum Gasteiger partial charge on any atom is -0.504 e. The van der Waals surface area contributed by atoms with Crippen molar-refractivity contribution in [2.45, 2.75) is 12.8 Å². The van der Waals surface area contributed by atoms with Crippen LogP contribution in [-0.2, 0) is 0 Å². The number of rotatable bonds is 5. The van der Waals surface area contributed by atoms with Crippen molar-refractivity contribution < 1.29 is 14.6 Å². The average molecular weight is 270 g/mol. The van der Waals surface area contributed by atoms with Gasteiger partial charge >= 0.3 is 0 Å². The monoisotopic (exact) mass is 269 g/mol. The molecule has 1 amide bonds. The molecule has 0 heterocycles. The molecule has 0 atom stereocenters. The summed E-state index contributed by atoms with van der Waals surface area (Å²) in [6, 6.07) is 4.84. The summed E-state index contributed by atoms with van der Waals surface area (Å²) in [4.78, 5) is 12.0. The highest BCUT2D eigenvalue weighted by Gasteiger charge is 2.41. The third-order valence-corrected chi connectivity index (χ3v) is 3.90. The summed E-state index contributed by atoms with van der Waals surface area (Å²) in [5, 5.41) is 12.7. The molecular weight excluding hydrogens is 254 g/mol. The van der Waals surface area contributed by atoms with E-state index in [-0.39, 0.29) is 22.6 Å². The van der Waals surface area contributed by atoms with Crippen LogP contribution >= 0.6 is 11.6 Å². The van der Waals surface area contributed by atoms with Crippen LogP contribution in [0.25, 0.3) is 0 Å². The van der Waals surface area contributed by atoms with Gasteiger partial charge in [0.1, 0.15) is 0 Å². The van der Waals surface area contributed by atoms with Gasteiger partial charge in [-0.15, -0.1) is 11.6 Å². The summed E-state index contributed by atoms with van der Waals surface area (Å²) in [6.07, 6.45) is 2.09. The number of phenols is 1. The molecule has 1 saturated carbocycles. The molecule has 1 aromatic carbocycles. The molecule has 1 aliphatic carbocycles. The van der Waals surface area contributed by atoms with Gasteiger partial charge in [-0.1, -0.05) is 6.07 Å². The maximum atomic E-state index is 12.0. The Hall–Kier alpha value is -1.42. The molecule has 0 aliphatic heterocycles. The first-order valence-corrected chi connectivity index (χ1v) is 6.35. The van der Waals surface area contributed by atoms with Crippen molar-refractivity contribution in [1.82, 2.24) is 5.32 Å². The van der Waals surface area contributed by atoms with Crippen molar-refractivity contribution in [3.63, 3.8) is 0 Å². The summed E-state index contributed by atoms with van der Waals surface area (Å²) < 4.78 is 4.96. The van der Waals surface area contributed by atoms with Crippen LogP contribution in [0.2, 0.25) is 0 Å². The Morgan fingerprint density at radius 1 is 1.56 bits per heavy atom. The van der Waals surface area contributed by atoms with Crippen molar-refractivity contribution in [3.8, 4) is 11.5 Å². The number of carbonyl (C=O) groups is 1. The van der Waals surface area contributed by atoms with E-state index in [1.165, 1.54) is 7.11 Å².